The smallest absolute Gasteiger partial charge is 0.312 e. The van der Waals surface area contributed by atoms with Crippen LogP contribution in [0.2, 0.25) is 0 Å². The fourth-order valence-corrected chi connectivity index (χ4v) is 2.59. The second kappa shape index (κ2) is 5.46. The first-order chi connectivity index (χ1) is 8.54. The van der Waals surface area contributed by atoms with Crippen LogP contribution in [0.1, 0.15) is 17.2 Å². The van der Waals surface area contributed by atoms with Crippen molar-refractivity contribution < 1.29 is 26.0 Å². The summed E-state index contributed by atoms with van der Waals surface area (Å²) in [6.45, 7) is 0. The molecular weight excluding hydrogens is 286 g/mol. The Labute approximate surface area is 108 Å². The number of rotatable bonds is 4. The summed E-state index contributed by atoms with van der Waals surface area (Å²) >= 11 is 0. The van der Waals surface area contributed by atoms with Crippen molar-refractivity contribution in [2.75, 3.05) is 19.1 Å². The van der Waals surface area contributed by atoms with Gasteiger partial charge in [0.2, 0.25) is 0 Å². The first kappa shape index (κ1) is 15.9. The summed E-state index contributed by atoms with van der Waals surface area (Å²) in [5, 5.41) is 2.63. The lowest BCUT2D eigenvalue weighted by atomic mass is 10.1. The quantitative estimate of drug-likeness (QED) is 0.867. The van der Waals surface area contributed by atoms with E-state index in [4.69, 9.17) is 0 Å². The van der Waals surface area contributed by atoms with E-state index in [2.05, 4.69) is 5.32 Å². The van der Waals surface area contributed by atoms with Gasteiger partial charge in [-0.2, -0.15) is 13.2 Å². The molecule has 0 radical (unpaired) electrons. The van der Waals surface area contributed by atoms with E-state index in [0.717, 1.165) is 12.3 Å². The monoisotopic (exact) mass is 299 g/mol. The van der Waals surface area contributed by atoms with Crippen molar-refractivity contribution in [3.63, 3.8) is 0 Å². The Balaban J connectivity index is 3.12. The largest absolute Gasteiger partial charge is 0.419 e. The number of hydrogen-bond acceptors (Lipinski definition) is 3. The van der Waals surface area contributed by atoms with Crippen LogP contribution in [0.4, 0.5) is 17.6 Å². The lowest BCUT2D eigenvalue weighted by Gasteiger charge is -2.17. The summed E-state index contributed by atoms with van der Waals surface area (Å²) in [5.74, 6) is -1.74. The van der Waals surface area contributed by atoms with Crippen LogP contribution in [-0.4, -0.2) is 27.5 Å². The van der Waals surface area contributed by atoms with Crippen molar-refractivity contribution in [3.05, 3.63) is 35.1 Å². The molecule has 1 rings (SSSR count). The van der Waals surface area contributed by atoms with Crippen LogP contribution in [0.5, 0.6) is 0 Å². The van der Waals surface area contributed by atoms with Gasteiger partial charge in [0, 0.05) is 12.3 Å². The molecule has 1 unspecified atom stereocenters. The molecule has 0 saturated heterocycles. The minimum atomic E-state index is -4.77. The van der Waals surface area contributed by atoms with Gasteiger partial charge in [0.05, 0.1) is 11.3 Å². The second-order valence-corrected chi connectivity index (χ2v) is 6.36. The highest BCUT2D eigenvalue weighted by Crippen LogP contribution is 2.32. The van der Waals surface area contributed by atoms with Crippen molar-refractivity contribution in [3.8, 4) is 0 Å². The van der Waals surface area contributed by atoms with Gasteiger partial charge in [0.1, 0.15) is 15.7 Å². The second-order valence-electron chi connectivity index (χ2n) is 4.17. The number of nitrogens with one attached hydrogen (secondary N) is 1. The topological polar surface area (TPSA) is 46.2 Å². The van der Waals surface area contributed by atoms with Crippen LogP contribution in [-0.2, 0) is 16.0 Å². The minimum Gasteiger partial charge on any atom is -0.312 e. The van der Waals surface area contributed by atoms with Gasteiger partial charge in [-0.25, -0.2) is 12.8 Å². The number of halogens is 4. The maximum absolute atomic E-state index is 13.4. The summed E-state index contributed by atoms with van der Waals surface area (Å²) < 4.78 is 72.9. The van der Waals surface area contributed by atoms with Crippen molar-refractivity contribution in [2.24, 2.45) is 0 Å². The molecule has 1 atom stereocenters. The molecule has 0 saturated carbocycles. The third kappa shape index (κ3) is 4.46. The van der Waals surface area contributed by atoms with Gasteiger partial charge in [0.15, 0.2) is 0 Å². The van der Waals surface area contributed by atoms with Crippen LogP contribution in [0.15, 0.2) is 18.2 Å². The molecule has 0 fully saturated rings. The average molecular weight is 299 g/mol. The molecule has 0 amide bonds. The van der Waals surface area contributed by atoms with Crippen molar-refractivity contribution >= 4 is 9.84 Å². The maximum Gasteiger partial charge on any atom is 0.419 e. The highest BCUT2D eigenvalue weighted by atomic mass is 32.2. The van der Waals surface area contributed by atoms with E-state index in [1.54, 1.807) is 0 Å². The summed E-state index contributed by atoms with van der Waals surface area (Å²) in [6, 6.07) is 1.62. The van der Waals surface area contributed by atoms with Gasteiger partial charge in [-0.3, -0.25) is 0 Å². The van der Waals surface area contributed by atoms with E-state index in [1.165, 1.54) is 7.05 Å². The zero-order valence-electron chi connectivity index (χ0n) is 10.3. The fourth-order valence-electron chi connectivity index (χ4n) is 1.63. The molecule has 3 nitrogen and oxygen atoms in total. The molecule has 8 heteroatoms. The Bertz CT molecular complexity index is 554. The normalized spacial score (nSPS) is 14.4. The van der Waals surface area contributed by atoms with Gasteiger partial charge in [0.25, 0.3) is 0 Å². The number of sulfone groups is 1. The molecule has 0 bridgehead atoms. The Morgan fingerprint density at radius 1 is 1.32 bits per heavy atom. The van der Waals surface area contributed by atoms with Gasteiger partial charge in [-0.05, 0) is 24.7 Å². The van der Waals surface area contributed by atoms with Crippen LogP contribution in [0, 0.1) is 5.82 Å². The Morgan fingerprint density at radius 2 is 1.89 bits per heavy atom. The Kier molecular flexibility index (Phi) is 4.57. The standard InChI is InChI=1S/C11H13F4NO2S/c1-16-10(6-19(2,17)18)7-3-4-8(9(12)5-7)11(13,14)15/h3-5,10,16H,6H2,1-2H3. The van der Waals surface area contributed by atoms with Crippen molar-refractivity contribution in [1.82, 2.24) is 5.32 Å². The SMILES string of the molecule is CNC(CS(C)(=O)=O)c1ccc(C(F)(F)F)c(F)c1. The molecule has 0 heterocycles. The third-order valence-corrected chi connectivity index (χ3v) is 3.46. The molecular formula is C11H13F4NO2S. The van der Waals surface area contributed by atoms with Crippen molar-refractivity contribution in [2.45, 2.75) is 12.2 Å². The van der Waals surface area contributed by atoms with Gasteiger partial charge >= 0.3 is 6.18 Å². The molecule has 0 aliphatic carbocycles. The van der Waals surface area contributed by atoms with Crippen LogP contribution in [0.3, 0.4) is 0 Å². The number of hydrogen-bond donors (Lipinski definition) is 1. The lowest BCUT2D eigenvalue weighted by molar-refractivity contribution is -0.140. The van der Waals surface area contributed by atoms with E-state index in [0.29, 0.717) is 12.1 Å². The fraction of sp³-hybridized carbons (Fsp3) is 0.455. The minimum absolute atomic E-state index is 0.151. The predicted molar refractivity (Wildman–Crippen MR) is 62.9 cm³/mol. The first-order valence-electron chi connectivity index (χ1n) is 5.26. The highest BCUT2D eigenvalue weighted by Gasteiger charge is 2.34. The molecule has 19 heavy (non-hydrogen) atoms. The lowest BCUT2D eigenvalue weighted by Crippen LogP contribution is -2.25. The van der Waals surface area contributed by atoms with E-state index >= 15 is 0 Å². The molecule has 0 spiro atoms. The van der Waals surface area contributed by atoms with Crippen LogP contribution >= 0.6 is 0 Å². The maximum atomic E-state index is 13.4. The van der Waals surface area contributed by atoms with Gasteiger partial charge < -0.3 is 5.32 Å². The molecule has 1 aromatic rings. The third-order valence-electron chi connectivity index (χ3n) is 2.52. The summed E-state index contributed by atoms with van der Waals surface area (Å²) in [4.78, 5) is 0. The number of alkyl halides is 3. The van der Waals surface area contributed by atoms with Gasteiger partial charge in [-0.1, -0.05) is 6.07 Å². The first-order valence-corrected chi connectivity index (χ1v) is 7.32. The predicted octanol–water partition coefficient (Wildman–Crippen LogP) is 2.15. The molecule has 108 valence electrons. The number of benzene rings is 1. The zero-order valence-corrected chi connectivity index (χ0v) is 11.1. The zero-order chi connectivity index (χ0) is 14.8. The van der Waals surface area contributed by atoms with E-state index < -0.39 is 33.4 Å². The van der Waals surface area contributed by atoms with Gasteiger partial charge in [-0.15, -0.1) is 0 Å². The molecule has 1 aromatic carbocycles. The summed E-state index contributed by atoms with van der Waals surface area (Å²) in [5.41, 5.74) is -1.22. The molecule has 0 aliphatic heterocycles. The van der Waals surface area contributed by atoms with Crippen molar-refractivity contribution in [1.29, 1.82) is 0 Å². The Hall–Kier alpha value is -1.15. The van der Waals surface area contributed by atoms with E-state index in [1.807, 2.05) is 0 Å². The summed E-state index contributed by atoms with van der Waals surface area (Å²) in [7, 11) is -1.89. The van der Waals surface area contributed by atoms with E-state index in [-0.39, 0.29) is 11.3 Å². The average Bonchev–Trinajstić information content (AvgIpc) is 2.22. The molecule has 0 aromatic heterocycles. The molecule has 0 aliphatic rings. The van der Waals surface area contributed by atoms with E-state index in [9.17, 15) is 26.0 Å². The molecule has 1 N–H and O–H groups in total. The summed E-state index contributed by atoms with van der Waals surface area (Å²) in [6.07, 6.45) is -3.77. The van der Waals surface area contributed by atoms with Crippen LogP contribution < -0.4 is 5.32 Å². The highest BCUT2D eigenvalue weighted by molar-refractivity contribution is 7.90. The van der Waals surface area contributed by atoms with Crippen LogP contribution in [0.25, 0.3) is 0 Å². The Morgan fingerprint density at radius 3 is 2.26 bits per heavy atom.